The van der Waals surface area contributed by atoms with Crippen LogP contribution in [0, 0.1) is 0 Å². The highest BCUT2D eigenvalue weighted by atomic mass is 16.5. The van der Waals surface area contributed by atoms with Crippen molar-refractivity contribution in [3.8, 4) is 0 Å². The van der Waals surface area contributed by atoms with Crippen LogP contribution in [0.15, 0.2) is 11.6 Å². The molecule has 1 nitrogen and oxygen atoms in total. The van der Waals surface area contributed by atoms with Gasteiger partial charge < -0.3 is 4.74 Å². The third kappa shape index (κ3) is 2.53. The van der Waals surface area contributed by atoms with E-state index in [1.807, 2.05) is 13.8 Å². The lowest BCUT2D eigenvalue weighted by molar-refractivity contribution is 0.119. The lowest BCUT2D eigenvalue weighted by atomic mass is 10.1. The highest BCUT2D eigenvalue weighted by molar-refractivity contribution is 5.09. The molecule has 0 amide bonds. The van der Waals surface area contributed by atoms with Gasteiger partial charge in [0.2, 0.25) is 0 Å². The third-order valence-electron chi connectivity index (χ3n) is 1.58. The van der Waals surface area contributed by atoms with Crippen LogP contribution in [0.4, 0.5) is 0 Å². The Hall–Kier alpha value is -0.300. The summed E-state index contributed by atoms with van der Waals surface area (Å²) >= 11 is 0. The van der Waals surface area contributed by atoms with Crippen molar-refractivity contribution < 1.29 is 4.74 Å². The molecule has 0 aromatic carbocycles. The summed E-state index contributed by atoms with van der Waals surface area (Å²) in [4.78, 5) is 0. The zero-order valence-electron chi connectivity index (χ0n) is 7.48. The SMILES string of the molecule is CC.CCC1OCC=C1C. The summed E-state index contributed by atoms with van der Waals surface area (Å²) in [5, 5.41) is 0. The maximum absolute atomic E-state index is 5.32. The molecule has 1 atom stereocenters. The Bertz CT molecular complexity index is 105. The van der Waals surface area contributed by atoms with E-state index in [9.17, 15) is 0 Å². The molecule has 0 radical (unpaired) electrons. The molecule has 1 aliphatic rings. The highest BCUT2D eigenvalue weighted by Gasteiger charge is 2.12. The first-order valence-electron chi connectivity index (χ1n) is 4.13. The maximum Gasteiger partial charge on any atom is 0.0784 e. The normalized spacial score (nSPS) is 23.2. The lowest BCUT2D eigenvalue weighted by Gasteiger charge is -2.06. The van der Waals surface area contributed by atoms with Gasteiger partial charge in [0.1, 0.15) is 0 Å². The van der Waals surface area contributed by atoms with Crippen LogP contribution in [0.1, 0.15) is 34.1 Å². The van der Waals surface area contributed by atoms with Gasteiger partial charge in [-0.05, 0) is 18.9 Å². The summed E-state index contributed by atoms with van der Waals surface area (Å²) in [5.74, 6) is 0. The van der Waals surface area contributed by atoms with Crippen molar-refractivity contribution in [3.63, 3.8) is 0 Å². The Morgan fingerprint density at radius 2 is 2.20 bits per heavy atom. The molecule has 0 aromatic heterocycles. The zero-order valence-corrected chi connectivity index (χ0v) is 7.48. The largest absolute Gasteiger partial charge is 0.370 e. The summed E-state index contributed by atoms with van der Waals surface area (Å²) in [6.45, 7) is 9.10. The van der Waals surface area contributed by atoms with E-state index in [1.54, 1.807) is 0 Å². The van der Waals surface area contributed by atoms with Gasteiger partial charge in [0, 0.05) is 0 Å². The molecule has 1 heterocycles. The molecule has 0 saturated heterocycles. The fourth-order valence-corrected chi connectivity index (χ4v) is 0.998. The van der Waals surface area contributed by atoms with E-state index in [0.717, 1.165) is 13.0 Å². The minimum absolute atomic E-state index is 0.426. The molecular weight excluding hydrogens is 124 g/mol. The maximum atomic E-state index is 5.32. The zero-order chi connectivity index (χ0) is 7.98. The first kappa shape index (κ1) is 9.70. The van der Waals surface area contributed by atoms with Crippen molar-refractivity contribution in [2.75, 3.05) is 6.61 Å². The van der Waals surface area contributed by atoms with Gasteiger partial charge in [-0.15, -0.1) is 0 Å². The van der Waals surface area contributed by atoms with Crippen LogP contribution in [-0.4, -0.2) is 12.7 Å². The third-order valence-corrected chi connectivity index (χ3v) is 1.58. The number of hydrogen-bond acceptors (Lipinski definition) is 1. The van der Waals surface area contributed by atoms with Crippen molar-refractivity contribution in [1.82, 2.24) is 0 Å². The van der Waals surface area contributed by atoms with Crippen molar-refractivity contribution in [3.05, 3.63) is 11.6 Å². The van der Waals surface area contributed by atoms with Crippen LogP contribution in [0.25, 0.3) is 0 Å². The Morgan fingerprint density at radius 1 is 1.60 bits per heavy atom. The van der Waals surface area contributed by atoms with E-state index in [2.05, 4.69) is 19.9 Å². The van der Waals surface area contributed by atoms with Crippen LogP contribution in [0.3, 0.4) is 0 Å². The van der Waals surface area contributed by atoms with E-state index < -0.39 is 0 Å². The second-order valence-corrected chi connectivity index (χ2v) is 2.18. The average molecular weight is 142 g/mol. The van der Waals surface area contributed by atoms with E-state index in [0.29, 0.717) is 6.10 Å². The molecule has 0 spiro atoms. The molecule has 1 heteroatoms. The van der Waals surface area contributed by atoms with E-state index in [-0.39, 0.29) is 0 Å². The van der Waals surface area contributed by atoms with E-state index in [4.69, 9.17) is 4.74 Å². The number of ether oxygens (including phenoxy) is 1. The molecule has 1 rings (SSSR count). The lowest BCUT2D eigenvalue weighted by Crippen LogP contribution is -2.05. The highest BCUT2D eigenvalue weighted by Crippen LogP contribution is 2.15. The fourth-order valence-electron chi connectivity index (χ4n) is 0.998. The Morgan fingerprint density at radius 3 is 2.40 bits per heavy atom. The Kier molecular flexibility index (Phi) is 5.32. The number of hydrogen-bond donors (Lipinski definition) is 0. The molecule has 60 valence electrons. The molecule has 10 heavy (non-hydrogen) atoms. The molecule has 1 aliphatic heterocycles. The van der Waals surface area contributed by atoms with Crippen LogP contribution in [0.5, 0.6) is 0 Å². The molecule has 0 saturated carbocycles. The molecule has 0 aromatic rings. The van der Waals surface area contributed by atoms with Crippen LogP contribution >= 0.6 is 0 Å². The first-order chi connectivity index (χ1) is 4.84. The predicted octanol–water partition coefficient (Wildman–Crippen LogP) is 2.77. The van der Waals surface area contributed by atoms with Gasteiger partial charge in [0.05, 0.1) is 12.7 Å². The average Bonchev–Trinajstić information content (AvgIpc) is 2.39. The summed E-state index contributed by atoms with van der Waals surface area (Å²) in [6.07, 6.45) is 3.69. The van der Waals surface area contributed by atoms with Crippen LogP contribution in [-0.2, 0) is 4.74 Å². The van der Waals surface area contributed by atoms with Crippen LogP contribution in [0.2, 0.25) is 0 Å². The monoisotopic (exact) mass is 142 g/mol. The molecule has 0 aliphatic carbocycles. The first-order valence-corrected chi connectivity index (χ1v) is 4.13. The minimum Gasteiger partial charge on any atom is -0.370 e. The second-order valence-electron chi connectivity index (χ2n) is 2.18. The Labute approximate surface area is 64.1 Å². The number of rotatable bonds is 1. The standard InChI is InChI=1S/C7H12O.C2H6/c1-3-7-6(2)4-5-8-7;1-2/h4,7H,3,5H2,1-2H3;1-2H3. The summed E-state index contributed by atoms with van der Waals surface area (Å²) in [5.41, 5.74) is 1.40. The van der Waals surface area contributed by atoms with Gasteiger partial charge in [0.15, 0.2) is 0 Å². The van der Waals surface area contributed by atoms with Gasteiger partial charge in [-0.1, -0.05) is 26.8 Å². The predicted molar refractivity (Wildman–Crippen MR) is 45.1 cm³/mol. The minimum atomic E-state index is 0.426. The molecule has 1 unspecified atom stereocenters. The van der Waals surface area contributed by atoms with Crippen molar-refractivity contribution in [2.45, 2.75) is 40.2 Å². The molecule has 0 bridgehead atoms. The fraction of sp³-hybridized carbons (Fsp3) is 0.778. The van der Waals surface area contributed by atoms with Crippen LogP contribution < -0.4 is 0 Å². The summed E-state index contributed by atoms with van der Waals surface area (Å²) in [6, 6.07) is 0. The van der Waals surface area contributed by atoms with Crippen molar-refractivity contribution in [2.24, 2.45) is 0 Å². The summed E-state index contributed by atoms with van der Waals surface area (Å²) < 4.78 is 5.32. The van der Waals surface area contributed by atoms with Gasteiger partial charge in [-0.25, -0.2) is 0 Å². The quantitative estimate of drug-likeness (QED) is 0.511. The topological polar surface area (TPSA) is 9.23 Å². The second kappa shape index (κ2) is 5.48. The smallest absolute Gasteiger partial charge is 0.0784 e. The molecule has 0 fully saturated rings. The van der Waals surface area contributed by atoms with E-state index >= 15 is 0 Å². The van der Waals surface area contributed by atoms with Gasteiger partial charge in [-0.2, -0.15) is 0 Å². The van der Waals surface area contributed by atoms with Crippen molar-refractivity contribution in [1.29, 1.82) is 0 Å². The molecule has 0 N–H and O–H groups in total. The van der Waals surface area contributed by atoms with Gasteiger partial charge in [0.25, 0.3) is 0 Å². The van der Waals surface area contributed by atoms with Crippen molar-refractivity contribution >= 4 is 0 Å². The Balaban J connectivity index is 0.000000371. The van der Waals surface area contributed by atoms with E-state index in [1.165, 1.54) is 5.57 Å². The molecular formula is C9H18O. The van der Waals surface area contributed by atoms with Gasteiger partial charge in [-0.3, -0.25) is 0 Å². The summed E-state index contributed by atoms with van der Waals surface area (Å²) in [7, 11) is 0. The van der Waals surface area contributed by atoms with Gasteiger partial charge >= 0.3 is 0 Å².